The van der Waals surface area contributed by atoms with Crippen molar-refractivity contribution in [1.82, 2.24) is 10.2 Å². The molecule has 7 nitrogen and oxygen atoms in total. The molecule has 142 valence electrons. The molecule has 3 aliphatic rings. The number of likely N-dealkylation sites (tertiary alicyclic amines) is 1. The molecule has 1 aromatic carbocycles. The van der Waals surface area contributed by atoms with E-state index in [2.05, 4.69) is 19.9 Å². The fraction of sp³-hybridized carbons (Fsp3) is 0.611. The molecular weight excluding hydrogens is 352 g/mol. The van der Waals surface area contributed by atoms with Crippen molar-refractivity contribution in [3.05, 3.63) is 29.8 Å². The van der Waals surface area contributed by atoms with Crippen LogP contribution < -0.4 is 10.0 Å². The second-order valence-corrected chi connectivity index (χ2v) is 9.24. The van der Waals surface area contributed by atoms with Gasteiger partial charge in [-0.1, -0.05) is 12.1 Å². The van der Waals surface area contributed by atoms with E-state index < -0.39 is 10.0 Å². The first kappa shape index (κ1) is 17.6. The summed E-state index contributed by atoms with van der Waals surface area (Å²) in [4.78, 5) is 6.80. The van der Waals surface area contributed by atoms with E-state index in [1.165, 1.54) is 12.8 Å². The predicted molar refractivity (Wildman–Crippen MR) is 102 cm³/mol. The highest BCUT2D eigenvalue weighted by Crippen LogP contribution is 2.47. The van der Waals surface area contributed by atoms with Crippen LogP contribution in [0.2, 0.25) is 0 Å². The van der Waals surface area contributed by atoms with Gasteiger partial charge in [0.2, 0.25) is 10.0 Å². The fourth-order valence-electron chi connectivity index (χ4n) is 4.55. The number of fused-ring (bicyclic) bond motifs is 5. The largest absolute Gasteiger partial charge is 0.374 e. The summed E-state index contributed by atoms with van der Waals surface area (Å²) in [6, 6.07) is 7.38. The van der Waals surface area contributed by atoms with E-state index in [0.717, 1.165) is 30.9 Å². The standard InChI is InChI=1S/C18H26N4O3S/c1-19-18(22-10-14-15(11-22)17-8-7-16(14)25-17)20-9-12-3-5-13(6-4-12)21-26(2,23)24/h3-6,14-17,21H,7-11H2,1-2H3,(H,19,20). The van der Waals surface area contributed by atoms with Crippen molar-refractivity contribution < 1.29 is 13.2 Å². The third kappa shape index (κ3) is 3.53. The zero-order valence-corrected chi connectivity index (χ0v) is 16.0. The second kappa shape index (κ2) is 6.74. The molecule has 0 aliphatic carbocycles. The summed E-state index contributed by atoms with van der Waals surface area (Å²) < 4.78 is 31.0. The van der Waals surface area contributed by atoms with Crippen molar-refractivity contribution >= 4 is 21.7 Å². The lowest BCUT2D eigenvalue weighted by atomic mass is 9.82. The fourth-order valence-corrected chi connectivity index (χ4v) is 5.12. The molecule has 1 aromatic rings. The lowest BCUT2D eigenvalue weighted by Crippen LogP contribution is -2.40. The summed E-state index contributed by atoms with van der Waals surface area (Å²) in [7, 11) is -1.42. The zero-order chi connectivity index (χ0) is 18.3. The van der Waals surface area contributed by atoms with Gasteiger partial charge in [-0.3, -0.25) is 9.71 Å². The van der Waals surface area contributed by atoms with Crippen LogP contribution >= 0.6 is 0 Å². The quantitative estimate of drug-likeness (QED) is 0.608. The number of hydrogen-bond donors (Lipinski definition) is 2. The van der Waals surface area contributed by atoms with Gasteiger partial charge in [0.25, 0.3) is 0 Å². The van der Waals surface area contributed by atoms with Crippen molar-refractivity contribution in [2.75, 3.05) is 31.1 Å². The van der Waals surface area contributed by atoms with Crippen molar-refractivity contribution in [2.24, 2.45) is 16.8 Å². The number of sulfonamides is 1. The van der Waals surface area contributed by atoms with Crippen LogP contribution in [0.5, 0.6) is 0 Å². The van der Waals surface area contributed by atoms with Crippen LogP contribution in [-0.2, 0) is 21.3 Å². The molecule has 8 heteroatoms. The maximum absolute atomic E-state index is 11.3. The number of guanidine groups is 1. The minimum absolute atomic E-state index is 0.447. The van der Waals surface area contributed by atoms with Gasteiger partial charge in [0.15, 0.2) is 5.96 Å². The van der Waals surface area contributed by atoms with Gasteiger partial charge < -0.3 is 15.0 Å². The first-order valence-electron chi connectivity index (χ1n) is 9.11. The third-order valence-corrected chi connectivity index (χ3v) is 6.28. The van der Waals surface area contributed by atoms with Crippen molar-refractivity contribution in [1.29, 1.82) is 0 Å². The Hall–Kier alpha value is -1.80. The van der Waals surface area contributed by atoms with Gasteiger partial charge in [0.05, 0.1) is 18.5 Å². The molecule has 3 heterocycles. The molecular formula is C18H26N4O3S. The number of rotatable bonds is 4. The summed E-state index contributed by atoms with van der Waals surface area (Å²) in [6.07, 6.45) is 4.46. The molecule has 2 N–H and O–H groups in total. The van der Waals surface area contributed by atoms with E-state index in [0.29, 0.717) is 36.3 Å². The molecule has 3 aliphatic heterocycles. The van der Waals surface area contributed by atoms with Crippen molar-refractivity contribution in [3.8, 4) is 0 Å². The van der Waals surface area contributed by atoms with Crippen LogP contribution in [0.3, 0.4) is 0 Å². The highest BCUT2D eigenvalue weighted by atomic mass is 32.2. The number of nitrogens with one attached hydrogen (secondary N) is 2. The Morgan fingerprint density at radius 1 is 1.19 bits per heavy atom. The van der Waals surface area contributed by atoms with Gasteiger partial charge in [0, 0.05) is 44.2 Å². The Labute approximate surface area is 154 Å². The minimum Gasteiger partial charge on any atom is -0.374 e. The summed E-state index contributed by atoms with van der Waals surface area (Å²) in [5.41, 5.74) is 1.65. The monoisotopic (exact) mass is 378 g/mol. The van der Waals surface area contributed by atoms with Crippen molar-refractivity contribution in [2.45, 2.75) is 31.6 Å². The number of aliphatic imine (C=N–C) groups is 1. The number of ether oxygens (including phenoxy) is 1. The van der Waals surface area contributed by atoms with Gasteiger partial charge in [0.1, 0.15) is 0 Å². The average molecular weight is 378 g/mol. The zero-order valence-electron chi connectivity index (χ0n) is 15.2. The van der Waals surface area contributed by atoms with E-state index in [1.807, 2.05) is 19.2 Å². The lowest BCUT2D eigenvalue weighted by Gasteiger charge is -2.23. The maximum Gasteiger partial charge on any atom is 0.229 e. The lowest BCUT2D eigenvalue weighted by molar-refractivity contribution is 0.0767. The Morgan fingerprint density at radius 3 is 2.35 bits per heavy atom. The maximum atomic E-state index is 11.3. The summed E-state index contributed by atoms with van der Waals surface area (Å²) >= 11 is 0. The Balaban J connectivity index is 1.33. The third-order valence-electron chi connectivity index (χ3n) is 5.67. The highest BCUT2D eigenvalue weighted by Gasteiger charge is 2.53. The molecule has 4 atom stereocenters. The van der Waals surface area contributed by atoms with E-state index in [4.69, 9.17) is 4.74 Å². The van der Waals surface area contributed by atoms with Crippen LogP contribution in [0.25, 0.3) is 0 Å². The Kier molecular flexibility index (Phi) is 4.56. The van der Waals surface area contributed by atoms with Gasteiger partial charge in [-0.05, 0) is 30.5 Å². The predicted octanol–water partition coefficient (Wildman–Crippen LogP) is 1.24. The number of benzene rings is 1. The second-order valence-electron chi connectivity index (χ2n) is 7.49. The van der Waals surface area contributed by atoms with Gasteiger partial charge in [-0.2, -0.15) is 0 Å². The van der Waals surface area contributed by atoms with Gasteiger partial charge >= 0.3 is 0 Å². The minimum atomic E-state index is -3.24. The number of nitrogens with zero attached hydrogens (tertiary/aromatic N) is 2. The molecule has 2 bridgehead atoms. The van der Waals surface area contributed by atoms with Crippen molar-refractivity contribution in [3.63, 3.8) is 0 Å². The molecule has 0 aromatic heterocycles. The van der Waals surface area contributed by atoms with Gasteiger partial charge in [-0.15, -0.1) is 0 Å². The molecule has 3 saturated heterocycles. The molecule has 0 amide bonds. The Bertz CT molecular complexity index is 775. The topological polar surface area (TPSA) is 83.0 Å². The average Bonchev–Trinajstić information content (AvgIpc) is 3.28. The molecule has 0 saturated carbocycles. The first-order chi connectivity index (χ1) is 12.4. The molecule has 0 radical (unpaired) electrons. The smallest absolute Gasteiger partial charge is 0.229 e. The van der Waals surface area contributed by atoms with E-state index in [9.17, 15) is 8.42 Å². The SMILES string of the molecule is CN=C(NCc1ccc(NS(C)(=O)=O)cc1)N1CC2C3CCC(O3)C2C1. The van der Waals surface area contributed by atoms with Crippen LogP contribution in [0.15, 0.2) is 29.3 Å². The molecule has 0 spiro atoms. The summed E-state index contributed by atoms with van der Waals surface area (Å²) in [6.45, 7) is 2.69. The number of hydrogen-bond acceptors (Lipinski definition) is 4. The van der Waals surface area contributed by atoms with E-state index in [-0.39, 0.29) is 0 Å². The summed E-state index contributed by atoms with van der Waals surface area (Å²) in [5, 5.41) is 3.43. The van der Waals surface area contributed by atoms with Gasteiger partial charge in [-0.25, -0.2) is 8.42 Å². The van der Waals surface area contributed by atoms with Crippen LogP contribution in [0, 0.1) is 11.8 Å². The molecule has 3 fully saturated rings. The summed E-state index contributed by atoms with van der Waals surface area (Å²) in [5.74, 6) is 2.22. The van der Waals surface area contributed by atoms with E-state index in [1.54, 1.807) is 12.1 Å². The molecule has 4 unspecified atom stereocenters. The first-order valence-corrected chi connectivity index (χ1v) is 11.0. The van der Waals surface area contributed by atoms with Crippen LogP contribution in [-0.4, -0.2) is 57.9 Å². The highest BCUT2D eigenvalue weighted by molar-refractivity contribution is 7.92. The molecule has 26 heavy (non-hydrogen) atoms. The van der Waals surface area contributed by atoms with Crippen LogP contribution in [0.4, 0.5) is 5.69 Å². The Morgan fingerprint density at radius 2 is 1.81 bits per heavy atom. The number of anilines is 1. The molecule has 4 rings (SSSR count). The van der Waals surface area contributed by atoms with Crippen LogP contribution in [0.1, 0.15) is 18.4 Å². The van der Waals surface area contributed by atoms with E-state index >= 15 is 0 Å². The normalized spacial score (nSPS) is 30.5.